The molecule has 2 aromatic rings. The van der Waals surface area contributed by atoms with Gasteiger partial charge in [0, 0.05) is 11.6 Å². The minimum absolute atomic E-state index is 0.288. The van der Waals surface area contributed by atoms with Crippen molar-refractivity contribution in [2.45, 2.75) is 0 Å². The normalized spacial score (nSPS) is 9.47. The molecule has 0 unspecified atom stereocenters. The summed E-state index contributed by atoms with van der Waals surface area (Å²) in [5.41, 5.74) is 1.43. The molecule has 94 valence electrons. The number of nitrogens with zero attached hydrogens (tertiary/aromatic N) is 2. The third-order valence-electron chi connectivity index (χ3n) is 2.46. The highest BCUT2D eigenvalue weighted by Gasteiger charge is 2.07. The largest absolute Gasteiger partial charge is 0.481 e. The molecule has 5 nitrogen and oxygen atoms in total. The van der Waals surface area contributed by atoms with Gasteiger partial charge in [0.15, 0.2) is 0 Å². The standard InChI is InChI=1S/C14H11N3O2/c1-19-13-6-5-12(9-16-13)17-14(18)11-4-2-3-10(7-11)8-15/h2-7,9H,1H3,(H,17,18). The number of hydrogen-bond acceptors (Lipinski definition) is 4. The van der Waals surface area contributed by atoms with E-state index in [1.165, 1.54) is 19.4 Å². The third kappa shape index (κ3) is 3.07. The number of nitriles is 1. The average Bonchev–Trinajstić information content (AvgIpc) is 2.48. The lowest BCUT2D eigenvalue weighted by Gasteiger charge is -2.05. The van der Waals surface area contributed by atoms with Crippen LogP contribution < -0.4 is 10.1 Å². The van der Waals surface area contributed by atoms with Gasteiger partial charge in [-0.1, -0.05) is 6.07 Å². The van der Waals surface area contributed by atoms with E-state index in [0.717, 1.165) is 0 Å². The lowest BCUT2D eigenvalue weighted by Crippen LogP contribution is -2.12. The Kier molecular flexibility index (Phi) is 3.74. The number of pyridine rings is 1. The molecule has 0 atom stereocenters. The molecule has 0 bridgehead atoms. The van der Waals surface area contributed by atoms with E-state index in [0.29, 0.717) is 22.7 Å². The number of aromatic nitrogens is 1. The van der Waals surface area contributed by atoms with Crippen molar-refractivity contribution < 1.29 is 9.53 Å². The molecule has 1 aromatic carbocycles. The molecule has 0 aliphatic carbocycles. The fourth-order valence-electron chi connectivity index (χ4n) is 1.51. The Morgan fingerprint density at radius 2 is 2.21 bits per heavy atom. The Balaban J connectivity index is 2.13. The molecule has 0 saturated carbocycles. The Morgan fingerprint density at radius 1 is 1.37 bits per heavy atom. The van der Waals surface area contributed by atoms with Crippen molar-refractivity contribution in [2.75, 3.05) is 12.4 Å². The van der Waals surface area contributed by atoms with E-state index in [1.54, 1.807) is 30.3 Å². The van der Waals surface area contributed by atoms with Gasteiger partial charge in [0.1, 0.15) is 0 Å². The molecular weight excluding hydrogens is 242 g/mol. The van der Waals surface area contributed by atoms with E-state index < -0.39 is 0 Å². The molecule has 2 rings (SSSR count). The van der Waals surface area contributed by atoms with Crippen LogP contribution in [0.25, 0.3) is 0 Å². The molecular formula is C14H11N3O2. The van der Waals surface area contributed by atoms with Crippen LogP contribution in [0.1, 0.15) is 15.9 Å². The topological polar surface area (TPSA) is 75.0 Å². The summed E-state index contributed by atoms with van der Waals surface area (Å²) in [6, 6.07) is 11.8. The first-order valence-corrected chi connectivity index (χ1v) is 5.54. The highest BCUT2D eigenvalue weighted by molar-refractivity contribution is 6.04. The van der Waals surface area contributed by atoms with E-state index in [9.17, 15) is 4.79 Å². The molecule has 1 amide bonds. The molecule has 19 heavy (non-hydrogen) atoms. The summed E-state index contributed by atoms with van der Waals surface area (Å²) < 4.78 is 4.93. The summed E-state index contributed by atoms with van der Waals surface area (Å²) in [6.45, 7) is 0. The predicted octanol–water partition coefficient (Wildman–Crippen LogP) is 2.21. The first kappa shape index (κ1) is 12.6. The molecule has 1 heterocycles. The lowest BCUT2D eigenvalue weighted by atomic mass is 10.1. The van der Waals surface area contributed by atoms with Gasteiger partial charge in [-0.25, -0.2) is 4.98 Å². The summed E-state index contributed by atoms with van der Waals surface area (Å²) in [5.74, 6) is 0.188. The van der Waals surface area contributed by atoms with Gasteiger partial charge < -0.3 is 10.1 Å². The number of carbonyl (C=O) groups is 1. The van der Waals surface area contributed by atoms with Gasteiger partial charge in [0.05, 0.1) is 30.6 Å². The van der Waals surface area contributed by atoms with Gasteiger partial charge in [0.2, 0.25) is 5.88 Å². The van der Waals surface area contributed by atoms with Crippen LogP contribution in [-0.2, 0) is 0 Å². The first-order chi connectivity index (χ1) is 9.22. The Bertz CT molecular complexity index is 630. The second-order valence-electron chi connectivity index (χ2n) is 3.74. The maximum Gasteiger partial charge on any atom is 0.255 e. The van der Waals surface area contributed by atoms with E-state index in [1.807, 2.05) is 6.07 Å². The highest BCUT2D eigenvalue weighted by atomic mass is 16.5. The van der Waals surface area contributed by atoms with Crippen LogP contribution in [0.2, 0.25) is 0 Å². The van der Waals surface area contributed by atoms with Crippen molar-refractivity contribution in [3.8, 4) is 11.9 Å². The maximum absolute atomic E-state index is 12.0. The number of methoxy groups -OCH3 is 1. The lowest BCUT2D eigenvalue weighted by molar-refractivity contribution is 0.102. The summed E-state index contributed by atoms with van der Waals surface area (Å²) in [7, 11) is 1.52. The monoisotopic (exact) mass is 253 g/mol. The molecule has 0 aliphatic rings. The van der Waals surface area contributed by atoms with Crippen molar-refractivity contribution in [3.05, 3.63) is 53.7 Å². The second kappa shape index (κ2) is 5.65. The molecule has 5 heteroatoms. The summed E-state index contributed by atoms with van der Waals surface area (Å²) in [5, 5.41) is 11.5. The number of rotatable bonds is 3. The predicted molar refractivity (Wildman–Crippen MR) is 69.9 cm³/mol. The minimum atomic E-state index is -0.288. The Morgan fingerprint density at radius 3 is 2.84 bits per heavy atom. The van der Waals surface area contributed by atoms with Crippen LogP contribution in [0.3, 0.4) is 0 Å². The number of nitrogens with one attached hydrogen (secondary N) is 1. The number of hydrogen-bond donors (Lipinski definition) is 1. The van der Waals surface area contributed by atoms with Crippen LogP contribution in [-0.4, -0.2) is 18.0 Å². The van der Waals surface area contributed by atoms with Crippen LogP contribution in [0.4, 0.5) is 5.69 Å². The zero-order chi connectivity index (χ0) is 13.7. The van der Waals surface area contributed by atoms with E-state index in [2.05, 4.69) is 10.3 Å². The molecule has 0 spiro atoms. The number of ether oxygens (including phenoxy) is 1. The minimum Gasteiger partial charge on any atom is -0.481 e. The van der Waals surface area contributed by atoms with Gasteiger partial charge in [0.25, 0.3) is 5.91 Å². The summed E-state index contributed by atoms with van der Waals surface area (Å²) in [4.78, 5) is 15.9. The second-order valence-corrected chi connectivity index (χ2v) is 3.74. The fraction of sp³-hybridized carbons (Fsp3) is 0.0714. The Hall–Kier alpha value is -2.87. The van der Waals surface area contributed by atoms with Crippen LogP contribution in [0, 0.1) is 11.3 Å². The van der Waals surface area contributed by atoms with Crippen molar-refractivity contribution in [1.29, 1.82) is 5.26 Å². The van der Waals surface area contributed by atoms with Crippen LogP contribution in [0.15, 0.2) is 42.6 Å². The number of amides is 1. The zero-order valence-electron chi connectivity index (χ0n) is 10.3. The number of carbonyl (C=O) groups excluding carboxylic acids is 1. The van der Waals surface area contributed by atoms with Gasteiger partial charge in [-0.2, -0.15) is 5.26 Å². The van der Waals surface area contributed by atoms with Crippen LogP contribution >= 0.6 is 0 Å². The molecule has 1 N–H and O–H groups in total. The van der Waals surface area contributed by atoms with Crippen LogP contribution in [0.5, 0.6) is 5.88 Å². The third-order valence-corrected chi connectivity index (χ3v) is 2.46. The Labute approximate surface area is 110 Å². The molecule has 0 saturated heterocycles. The van der Waals surface area contributed by atoms with Gasteiger partial charge in [-0.3, -0.25) is 4.79 Å². The van der Waals surface area contributed by atoms with Crippen molar-refractivity contribution in [3.63, 3.8) is 0 Å². The van der Waals surface area contributed by atoms with E-state index in [-0.39, 0.29) is 5.91 Å². The van der Waals surface area contributed by atoms with Gasteiger partial charge >= 0.3 is 0 Å². The number of benzene rings is 1. The van der Waals surface area contributed by atoms with E-state index >= 15 is 0 Å². The molecule has 1 aromatic heterocycles. The number of anilines is 1. The van der Waals surface area contributed by atoms with Crippen molar-refractivity contribution in [2.24, 2.45) is 0 Å². The molecule has 0 fully saturated rings. The molecule has 0 aliphatic heterocycles. The van der Waals surface area contributed by atoms with Crippen molar-refractivity contribution in [1.82, 2.24) is 4.98 Å². The smallest absolute Gasteiger partial charge is 0.255 e. The first-order valence-electron chi connectivity index (χ1n) is 5.54. The maximum atomic E-state index is 12.0. The SMILES string of the molecule is COc1ccc(NC(=O)c2cccc(C#N)c2)cn1. The summed E-state index contributed by atoms with van der Waals surface area (Å²) >= 11 is 0. The zero-order valence-corrected chi connectivity index (χ0v) is 10.3. The van der Waals surface area contributed by atoms with E-state index in [4.69, 9.17) is 10.00 Å². The van der Waals surface area contributed by atoms with Gasteiger partial charge in [-0.15, -0.1) is 0 Å². The quantitative estimate of drug-likeness (QED) is 0.910. The van der Waals surface area contributed by atoms with Gasteiger partial charge in [-0.05, 0) is 24.3 Å². The summed E-state index contributed by atoms with van der Waals surface area (Å²) in [6.07, 6.45) is 1.50. The highest BCUT2D eigenvalue weighted by Crippen LogP contribution is 2.13. The van der Waals surface area contributed by atoms with Crippen molar-refractivity contribution >= 4 is 11.6 Å². The molecule has 0 radical (unpaired) electrons. The average molecular weight is 253 g/mol. The fourth-order valence-corrected chi connectivity index (χ4v) is 1.51.